The molecular weight excluding hydrogens is 286 g/mol. The van der Waals surface area contributed by atoms with Crippen LogP contribution in [0.1, 0.15) is 26.2 Å². The highest BCUT2D eigenvalue weighted by Crippen LogP contribution is 2.17. The molecule has 3 heterocycles. The van der Waals surface area contributed by atoms with Crippen molar-refractivity contribution in [1.29, 1.82) is 0 Å². The van der Waals surface area contributed by atoms with Gasteiger partial charge in [-0.3, -0.25) is 9.32 Å². The molecule has 1 atom stereocenters. The van der Waals surface area contributed by atoms with E-state index in [-0.39, 0.29) is 30.1 Å². The number of carbonyl (C=O) groups is 1. The van der Waals surface area contributed by atoms with Crippen LogP contribution in [0, 0.1) is 0 Å². The zero-order valence-corrected chi connectivity index (χ0v) is 12.3. The SMILES string of the molecule is CC1CCCCN1C(=O)Cn1c(-c2ncccn2)noc1=O. The molecule has 8 heteroatoms. The molecule has 1 aliphatic heterocycles. The zero-order valence-electron chi connectivity index (χ0n) is 12.3. The van der Waals surface area contributed by atoms with Crippen LogP contribution in [0.3, 0.4) is 0 Å². The summed E-state index contributed by atoms with van der Waals surface area (Å²) < 4.78 is 5.85. The predicted octanol–water partition coefficient (Wildman–Crippen LogP) is 0.694. The first-order valence-electron chi connectivity index (χ1n) is 7.30. The molecule has 0 N–H and O–H groups in total. The molecule has 1 aliphatic rings. The summed E-state index contributed by atoms with van der Waals surface area (Å²) in [4.78, 5) is 34.2. The van der Waals surface area contributed by atoms with Gasteiger partial charge in [0.2, 0.25) is 11.7 Å². The van der Waals surface area contributed by atoms with Gasteiger partial charge in [-0.15, -0.1) is 0 Å². The summed E-state index contributed by atoms with van der Waals surface area (Å²) in [5.74, 6) is -0.369. The highest BCUT2D eigenvalue weighted by Gasteiger charge is 2.25. The predicted molar refractivity (Wildman–Crippen MR) is 76.8 cm³/mol. The number of rotatable bonds is 3. The smallest absolute Gasteiger partial charge is 0.338 e. The van der Waals surface area contributed by atoms with Gasteiger partial charge in [-0.1, -0.05) is 5.16 Å². The third-order valence-corrected chi connectivity index (χ3v) is 3.87. The molecule has 1 fully saturated rings. The van der Waals surface area contributed by atoms with E-state index in [4.69, 9.17) is 0 Å². The zero-order chi connectivity index (χ0) is 15.5. The van der Waals surface area contributed by atoms with Crippen molar-refractivity contribution in [3.8, 4) is 11.6 Å². The first-order valence-corrected chi connectivity index (χ1v) is 7.30. The van der Waals surface area contributed by atoms with Crippen LogP contribution in [-0.4, -0.2) is 43.1 Å². The molecule has 3 rings (SSSR count). The van der Waals surface area contributed by atoms with Crippen molar-refractivity contribution >= 4 is 5.91 Å². The summed E-state index contributed by atoms with van der Waals surface area (Å²) in [6.07, 6.45) is 6.18. The van der Waals surface area contributed by atoms with E-state index >= 15 is 0 Å². The highest BCUT2D eigenvalue weighted by atomic mass is 16.5. The number of aromatic nitrogens is 4. The largest absolute Gasteiger partial charge is 0.442 e. The molecule has 0 saturated carbocycles. The van der Waals surface area contributed by atoms with Crippen molar-refractivity contribution in [2.45, 2.75) is 38.8 Å². The van der Waals surface area contributed by atoms with E-state index in [2.05, 4.69) is 19.6 Å². The average molecular weight is 303 g/mol. The lowest BCUT2D eigenvalue weighted by atomic mass is 10.0. The Labute approximate surface area is 126 Å². The number of amides is 1. The fourth-order valence-electron chi connectivity index (χ4n) is 2.68. The number of likely N-dealkylation sites (tertiary alicyclic amines) is 1. The van der Waals surface area contributed by atoms with Crippen LogP contribution >= 0.6 is 0 Å². The van der Waals surface area contributed by atoms with Gasteiger partial charge in [0, 0.05) is 25.0 Å². The van der Waals surface area contributed by atoms with Gasteiger partial charge in [0.05, 0.1) is 0 Å². The molecular formula is C14H17N5O3. The minimum Gasteiger partial charge on any atom is -0.338 e. The summed E-state index contributed by atoms with van der Waals surface area (Å²) in [5, 5.41) is 3.68. The maximum atomic E-state index is 12.5. The normalized spacial score (nSPS) is 18.4. The Bertz CT molecular complexity index is 709. The topological polar surface area (TPSA) is 94.1 Å². The first-order chi connectivity index (χ1) is 10.7. The fraction of sp³-hybridized carbons (Fsp3) is 0.500. The number of hydrogen-bond acceptors (Lipinski definition) is 6. The van der Waals surface area contributed by atoms with Gasteiger partial charge in [0.25, 0.3) is 0 Å². The molecule has 0 bridgehead atoms. The van der Waals surface area contributed by atoms with E-state index in [0.29, 0.717) is 0 Å². The molecule has 0 aromatic carbocycles. The summed E-state index contributed by atoms with van der Waals surface area (Å²) in [7, 11) is 0. The summed E-state index contributed by atoms with van der Waals surface area (Å²) in [5.41, 5.74) is 0. The Kier molecular flexibility index (Phi) is 3.99. The van der Waals surface area contributed by atoms with Gasteiger partial charge < -0.3 is 4.90 Å². The fourth-order valence-corrected chi connectivity index (χ4v) is 2.68. The number of nitrogens with zero attached hydrogens (tertiary/aromatic N) is 5. The van der Waals surface area contributed by atoms with Crippen molar-refractivity contribution in [3.63, 3.8) is 0 Å². The van der Waals surface area contributed by atoms with Gasteiger partial charge in [-0.2, -0.15) is 0 Å². The standard InChI is InChI=1S/C14H17N5O3/c1-10-5-2-3-8-18(10)11(20)9-19-13(17-22-14(19)21)12-15-6-4-7-16-12/h4,6-7,10H,2-3,5,8-9H2,1H3. The number of carbonyl (C=O) groups excluding carboxylic acids is 1. The van der Waals surface area contributed by atoms with Crippen LogP contribution in [0.15, 0.2) is 27.8 Å². The van der Waals surface area contributed by atoms with Crippen molar-refractivity contribution in [2.24, 2.45) is 0 Å². The molecule has 0 spiro atoms. The molecule has 0 radical (unpaired) electrons. The van der Waals surface area contributed by atoms with E-state index in [9.17, 15) is 9.59 Å². The minimum atomic E-state index is -0.680. The van der Waals surface area contributed by atoms with Crippen LogP contribution in [0.25, 0.3) is 11.6 Å². The molecule has 116 valence electrons. The minimum absolute atomic E-state index is 0.111. The van der Waals surface area contributed by atoms with E-state index in [1.165, 1.54) is 4.57 Å². The van der Waals surface area contributed by atoms with E-state index in [1.54, 1.807) is 23.4 Å². The maximum Gasteiger partial charge on any atom is 0.442 e. The summed E-state index contributed by atoms with van der Waals surface area (Å²) in [6, 6.07) is 1.85. The van der Waals surface area contributed by atoms with Gasteiger partial charge >= 0.3 is 5.76 Å². The number of piperidine rings is 1. The lowest BCUT2D eigenvalue weighted by Gasteiger charge is -2.33. The Morgan fingerprint density at radius 3 is 2.86 bits per heavy atom. The maximum absolute atomic E-state index is 12.5. The molecule has 8 nitrogen and oxygen atoms in total. The van der Waals surface area contributed by atoms with E-state index in [1.807, 2.05) is 6.92 Å². The van der Waals surface area contributed by atoms with Crippen LogP contribution in [-0.2, 0) is 11.3 Å². The molecule has 1 unspecified atom stereocenters. The van der Waals surface area contributed by atoms with Crippen LogP contribution < -0.4 is 5.76 Å². The Hall–Kier alpha value is -2.51. The van der Waals surface area contributed by atoms with Gasteiger partial charge in [0.15, 0.2) is 5.82 Å². The molecule has 1 saturated heterocycles. The van der Waals surface area contributed by atoms with Crippen LogP contribution in [0.5, 0.6) is 0 Å². The van der Waals surface area contributed by atoms with Crippen molar-refractivity contribution in [1.82, 2.24) is 24.6 Å². The van der Waals surface area contributed by atoms with Gasteiger partial charge in [0.1, 0.15) is 6.54 Å². The van der Waals surface area contributed by atoms with Gasteiger partial charge in [-0.05, 0) is 32.3 Å². The Balaban J connectivity index is 1.85. The second kappa shape index (κ2) is 6.08. The molecule has 1 amide bonds. The third-order valence-electron chi connectivity index (χ3n) is 3.87. The van der Waals surface area contributed by atoms with Crippen LogP contribution in [0.4, 0.5) is 0 Å². The summed E-state index contributed by atoms with van der Waals surface area (Å²) >= 11 is 0. The molecule has 0 aliphatic carbocycles. The van der Waals surface area contributed by atoms with Crippen LogP contribution in [0.2, 0.25) is 0 Å². The molecule has 22 heavy (non-hydrogen) atoms. The quantitative estimate of drug-likeness (QED) is 0.828. The first kappa shape index (κ1) is 14.4. The van der Waals surface area contributed by atoms with E-state index in [0.717, 1.165) is 25.8 Å². The summed E-state index contributed by atoms with van der Waals surface area (Å²) in [6.45, 7) is 2.63. The third kappa shape index (κ3) is 2.76. The second-order valence-corrected chi connectivity index (χ2v) is 5.36. The molecule has 2 aromatic heterocycles. The lowest BCUT2D eigenvalue weighted by Crippen LogP contribution is -2.44. The Morgan fingerprint density at radius 1 is 1.36 bits per heavy atom. The second-order valence-electron chi connectivity index (χ2n) is 5.36. The van der Waals surface area contributed by atoms with E-state index < -0.39 is 5.76 Å². The van der Waals surface area contributed by atoms with Crippen molar-refractivity contribution < 1.29 is 9.32 Å². The average Bonchev–Trinajstić information content (AvgIpc) is 2.89. The highest BCUT2D eigenvalue weighted by molar-refractivity contribution is 5.76. The Morgan fingerprint density at radius 2 is 2.14 bits per heavy atom. The lowest BCUT2D eigenvalue weighted by molar-refractivity contribution is -0.135. The monoisotopic (exact) mass is 303 g/mol. The van der Waals surface area contributed by atoms with Crippen molar-refractivity contribution in [3.05, 3.63) is 29.0 Å². The van der Waals surface area contributed by atoms with Gasteiger partial charge in [-0.25, -0.2) is 19.3 Å². The van der Waals surface area contributed by atoms with Crippen molar-refractivity contribution in [2.75, 3.05) is 6.54 Å². The number of hydrogen-bond donors (Lipinski definition) is 0. The molecule has 2 aromatic rings.